The Morgan fingerprint density at radius 3 is 2.19 bits per heavy atom. The van der Waals surface area contributed by atoms with Crippen LogP contribution in [0.25, 0.3) is 0 Å². The van der Waals surface area contributed by atoms with E-state index >= 15 is 0 Å². The van der Waals surface area contributed by atoms with Gasteiger partial charge in [-0.25, -0.2) is 8.42 Å². The number of halogens is 3. The van der Waals surface area contributed by atoms with Crippen LogP contribution in [-0.4, -0.2) is 45.0 Å². The second-order valence-corrected chi connectivity index (χ2v) is 8.96. The second kappa shape index (κ2) is 8.48. The Balaban J connectivity index is 2.17. The van der Waals surface area contributed by atoms with Gasteiger partial charge in [0.25, 0.3) is 5.91 Å². The molecule has 0 fully saturated rings. The van der Waals surface area contributed by atoms with Crippen molar-refractivity contribution in [3.8, 4) is 0 Å². The van der Waals surface area contributed by atoms with Crippen molar-refractivity contribution in [2.75, 3.05) is 25.2 Å². The highest BCUT2D eigenvalue weighted by atomic mass is 35.5. The Morgan fingerprint density at radius 1 is 1.04 bits per heavy atom. The number of hydrogen-bond donors (Lipinski definition) is 1. The van der Waals surface area contributed by atoms with Gasteiger partial charge in [-0.15, -0.1) is 0 Å². The molecule has 0 aliphatic carbocycles. The third kappa shape index (κ3) is 5.35. The van der Waals surface area contributed by atoms with Gasteiger partial charge in [0.05, 0.1) is 37.8 Å². The van der Waals surface area contributed by atoms with Crippen LogP contribution >= 0.6 is 34.8 Å². The summed E-state index contributed by atoms with van der Waals surface area (Å²) in [4.78, 5) is 25.9. The Labute approximate surface area is 171 Å². The van der Waals surface area contributed by atoms with Gasteiger partial charge in [-0.3, -0.25) is 9.59 Å². The minimum atomic E-state index is -3.51. The highest BCUT2D eigenvalue weighted by molar-refractivity contribution is 7.90. The maximum absolute atomic E-state index is 12.6. The fourth-order valence-electron chi connectivity index (χ4n) is 2.19. The molecule has 2 rings (SSSR count). The van der Waals surface area contributed by atoms with Crippen LogP contribution in [-0.2, 0) is 14.6 Å². The largest absolute Gasteiger partial charge is 0.332 e. The lowest BCUT2D eigenvalue weighted by Gasteiger charge is -2.18. The summed E-state index contributed by atoms with van der Waals surface area (Å²) in [6, 6.07) is 8.57. The molecule has 0 unspecified atom stereocenters. The summed E-state index contributed by atoms with van der Waals surface area (Å²) in [7, 11) is -2.12. The van der Waals surface area contributed by atoms with Crippen LogP contribution in [0.15, 0.2) is 41.3 Å². The first-order valence-corrected chi connectivity index (χ1v) is 10.5. The van der Waals surface area contributed by atoms with E-state index in [4.69, 9.17) is 34.8 Å². The molecule has 144 valence electrons. The van der Waals surface area contributed by atoms with Crippen LogP contribution in [0.5, 0.6) is 0 Å². The Hall–Kier alpha value is -1.80. The van der Waals surface area contributed by atoms with Gasteiger partial charge < -0.3 is 10.2 Å². The third-order valence-corrected chi connectivity index (χ3v) is 5.62. The lowest BCUT2D eigenvalue weighted by atomic mass is 10.2. The number of carbonyl (C=O) groups is 2. The van der Waals surface area contributed by atoms with Crippen molar-refractivity contribution in [2.24, 2.45) is 0 Å². The molecule has 2 aromatic rings. The van der Waals surface area contributed by atoms with Gasteiger partial charge in [0.2, 0.25) is 5.91 Å². The average Bonchev–Trinajstić information content (AvgIpc) is 2.57. The number of nitrogens with zero attached hydrogens (tertiary/aromatic N) is 1. The molecule has 0 atom stereocenters. The van der Waals surface area contributed by atoms with E-state index in [9.17, 15) is 18.0 Å². The number of nitrogens with one attached hydrogen (secondary N) is 1. The normalized spacial score (nSPS) is 11.1. The van der Waals surface area contributed by atoms with Gasteiger partial charge in [-0.05, 0) is 30.3 Å². The predicted molar refractivity (Wildman–Crippen MR) is 107 cm³/mol. The Morgan fingerprint density at radius 2 is 1.63 bits per heavy atom. The molecule has 0 saturated carbocycles. The van der Waals surface area contributed by atoms with Gasteiger partial charge in [-0.1, -0.05) is 40.9 Å². The van der Waals surface area contributed by atoms with E-state index in [-0.39, 0.29) is 37.8 Å². The van der Waals surface area contributed by atoms with Crippen molar-refractivity contribution in [1.29, 1.82) is 0 Å². The Kier molecular flexibility index (Phi) is 6.75. The van der Waals surface area contributed by atoms with Crippen LogP contribution in [0.3, 0.4) is 0 Å². The smallest absolute Gasteiger partial charge is 0.255 e. The first kappa shape index (κ1) is 21.5. The van der Waals surface area contributed by atoms with Crippen molar-refractivity contribution in [1.82, 2.24) is 4.90 Å². The number of amides is 2. The van der Waals surface area contributed by atoms with Gasteiger partial charge in [0.15, 0.2) is 9.84 Å². The molecule has 0 bridgehead atoms. The third-order valence-electron chi connectivity index (χ3n) is 3.55. The predicted octanol–water partition coefficient (Wildman–Crippen LogP) is 3.76. The number of likely N-dealkylation sites (N-methyl/N-ethyl adjacent to an activating group) is 1. The molecule has 6 nitrogen and oxygen atoms in total. The monoisotopic (exact) mass is 448 g/mol. The molecule has 0 heterocycles. The van der Waals surface area contributed by atoms with Crippen LogP contribution in [0.1, 0.15) is 10.4 Å². The number of sulfone groups is 1. The zero-order valence-corrected chi connectivity index (χ0v) is 17.4. The minimum absolute atomic E-state index is 0.0225. The van der Waals surface area contributed by atoms with Gasteiger partial charge in [0.1, 0.15) is 0 Å². The number of rotatable bonds is 5. The van der Waals surface area contributed by atoms with E-state index in [1.807, 2.05) is 0 Å². The highest BCUT2D eigenvalue weighted by Gasteiger charge is 2.21. The quantitative estimate of drug-likeness (QED) is 0.753. The molecule has 27 heavy (non-hydrogen) atoms. The van der Waals surface area contributed by atoms with E-state index in [2.05, 4.69) is 5.32 Å². The van der Waals surface area contributed by atoms with Crippen molar-refractivity contribution in [3.63, 3.8) is 0 Å². The maximum atomic E-state index is 12.6. The van der Waals surface area contributed by atoms with Gasteiger partial charge in [0, 0.05) is 13.3 Å². The zero-order chi connectivity index (χ0) is 20.4. The number of hydrogen-bond acceptors (Lipinski definition) is 4. The fourth-order valence-corrected chi connectivity index (χ4v) is 3.53. The Bertz CT molecular complexity index is 989. The van der Waals surface area contributed by atoms with E-state index in [0.717, 1.165) is 11.2 Å². The summed E-state index contributed by atoms with van der Waals surface area (Å²) in [6.45, 7) is -0.320. The highest BCUT2D eigenvalue weighted by Crippen LogP contribution is 2.29. The lowest BCUT2D eigenvalue weighted by molar-refractivity contribution is -0.116. The molecule has 0 radical (unpaired) electrons. The average molecular weight is 450 g/mol. The SMILES string of the molecule is CN(CC(=O)Nc1c(Cl)cccc1Cl)C(=O)c1cc(S(C)(=O)=O)ccc1Cl. The van der Waals surface area contributed by atoms with E-state index < -0.39 is 21.7 Å². The molecule has 2 aromatic carbocycles. The molecular formula is C17H15Cl3N2O4S. The summed E-state index contributed by atoms with van der Waals surface area (Å²) in [5.41, 5.74) is 0.217. The molecule has 10 heteroatoms. The summed E-state index contributed by atoms with van der Waals surface area (Å²) in [5, 5.41) is 3.13. The number of benzene rings is 2. The van der Waals surface area contributed by atoms with Crippen LogP contribution in [0.4, 0.5) is 5.69 Å². The lowest BCUT2D eigenvalue weighted by Crippen LogP contribution is -2.35. The molecular weight excluding hydrogens is 435 g/mol. The zero-order valence-electron chi connectivity index (χ0n) is 14.3. The van der Waals surface area contributed by atoms with Crippen molar-refractivity contribution < 1.29 is 18.0 Å². The topological polar surface area (TPSA) is 83.6 Å². The van der Waals surface area contributed by atoms with Crippen LogP contribution < -0.4 is 5.32 Å². The molecule has 2 amide bonds. The maximum Gasteiger partial charge on any atom is 0.255 e. The first-order valence-electron chi connectivity index (χ1n) is 7.49. The first-order chi connectivity index (χ1) is 12.5. The van der Waals surface area contributed by atoms with Crippen molar-refractivity contribution in [3.05, 3.63) is 57.0 Å². The van der Waals surface area contributed by atoms with Crippen molar-refractivity contribution in [2.45, 2.75) is 4.90 Å². The van der Waals surface area contributed by atoms with Crippen LogP contribution in [0.2, 0.25) is 15.1 Å². The van der Waals surface area contributed by atoms with Crippen LogP contribution in [0, 0.1) is 0 Å². The van der Waals surface area contributed by atoms with E-state index in [1.54, 1.807) is 18.2 Å². The fraction of sp³-hybridized carbons (Fsp3) is 0.176. The minimum Gasteiger partial charge on any atom is -0.332 e. The summed E-state index contributed by atoms with van der Waals surface area (Å²) >= 11 is 18.0. The summed E-state index contributed by atoms with van der Waals surface area (Å²) < 4.78 is 23.4. The molecule has 0 spiro atoms. The summed E-state index contributed by atoms with van der Waals surface area (Å²) in [5.74, 6) is -1.14. The molecule has 0 aromatic heterocycles. The number of anilines is 1. The molecule has 1 N–H and O–H groups in total. The molecule has 0 aliphatic rings. The number of carbonyl (C=O) groups excluding carboxylic acids is 2. The van der Waals surface area contributed by atoms with E-state index in [1.165, 1.54) is 25.2 Å². The van der Waals surface area contributed by atoms with E-state index in [0.29, 0.717) is 0 Å². The molecule has 0 saturated heterocycles. The number of para-hydroxylation sites is 1. The van der Waals surface area contributed by atoms with Crippen molar-refractivity contribution >= 4 is 62.1 Å². The summed E-state index contributed by atoms with van der Waals surface area (Å²) in [6.07, 6.45) is 1.02. The van der Waals surface area contributed by atoms with Gasteiger partial charge >= 0.3 is 0 Å². The standard InChI is InChI=1S/C17H15Cl3N2O4S/c1-22(9-15(23)21-16-13(19)4-3-5-14(16)20)17(24)11-8-10(27(2,25)26)6-7-12(11)18/h3-8H,9H2,1-2H3,(H,21,23). The second-order valence-electron chi connectivity index (χ2n) is 5.72. The molecule has 0 aliphatic heterocycles. The van der Waals surface area contributed by atoms with Gasteiger partial charge in [-0.2, -0.15) is 0 Å².